The Morgan fingerprint density at radius 3 is 2.70 bits per heavy atom. The number of anilines is 1. The molecule has 2 aromatic carbocycles. The molecule has 0 fully saturated rings. The molecule has 33 heavy (non-hydrogen) atoms. The van der Waals surface area contributed by atoms with Crippen molar-refractivity contribution in [2.45, 2.75) is 32.9 Å². The van der Waals surface area contributed by atoms with Crippen LogP contribution in [0.5, 0.6) is 11.5 Å². The number of hydrogen-bond acceptors (Lipinski definition) is 5. The van der Waals surface area contributed by atoms with Gasteiger partial charge in [0.25, 0.3) is 5.91 Å². The number of carbonyl (C=O) groups excluding carboxylic acids is 2. The summed E-state index contributed by atoms with van der Waals surface area (Å²) in [7, 11) is 1.57. The summed E-state index contributed by atoms with van der Waals surface area (Å²) < 4.78 is 11.2. The van der Waals surface area contributed by atoms with Crippen LogP contribution in [0.2, 0.25) is 0 Å². The Hall–Kier alpha value is -3.87. The fourth-order valence-electron chi connectivity index (χ4n) is 4.08. The quantitative estimate of drug-likeness (QED) is 0.551. The molecule has 0 spiro atoms. The summed E-state index contributed by atoms with van der Waals surface area (Å²) in [5.41, 5.74) is 3.28. The fraction of sp³-hybridized carbons (Fsp3) is 0.269. The minimum atomic E-state index is -0.488. The molecule has 0 aliphatic carbocycles. The SMILES string of the molecule is CCOc1ccc([C@@H](CC(=O)Nc2ncccc2C)N2Cc3ccccc3C2=O)cc1OC. The summed E-state index contributed by atoms with van der Waals surface area (Å²) in [6, 6.07) is 16.3. The molecule has 1 aliphatic rings. The average Bonchev–Trinajstić information content (AvgIpc) is 3.16. The second kappa shape index (κ2) is 9.73. The number of benzene rings is 2. The maximum atomic E-state index is 13.3. The number of aromatic nitrogens is 1. The molecular weight excluding hydrogens is 418 g/mol. The van der Waals surface area contributed by atoms with Gasteiger partial charge in [0.05, 0.1) is 26.2 Å². The Morgan fingerprint density at radius 2 is 1.97 bits per heavy atom. The van der Waals surface area contributed by atoms with Crippen LogP contribution in [-0.2, 0) is 11.3 Å². The van der Waals surface area contributed by atoms with E-state index in [0.717, 1.165) is 16.7 Å². The number of hydrogen-bond donors (Lipinski definition) is 1. The lowest BCUT2D eigenvalue weighted by molar-refractivity contribution is -0.117. The molecule has 170 valence electrons. The van der Waals surface area contributed by atoms with Gasteiger partial charge in [-0.05, 0) is 54.8 Å². The normalized spacial score (nSPS) is 13.4. The number of rotatable bonds is 8. The van der Waals surface area contributed by atoms with E-state index in [0.29, 0.717) is 36.0 Å². The highest BCUT2D eigenvalue weighted by molar-refractivity contribution is 5.99. The van der Waals surface area contributed by atoms with E-state index in [1.54, 1.807) is 18.2 Å². The highest BCUT2D eigenvalue weighted by Crippen LogP contribution is 2.37. The minimum Gasteiger partial charge on any atom is -0.493 e. The van der Waals surface area contributed by atoms with Crippen LogP contribution in [0.15, 0.2) is 60.8 Å². The third-order valence-corrected chi connectivity index (χ3v) is 5.74. The van der Waals surface area contributed by atoms with Crippen molar-refractivity contribution in [3.8, 4) is 11.5 Å². The maximum absolute atomic E-state index is 13.3. The van der Waals surface area contributed by atoms with Gasteiger partial charge >= 0.3 is 0 Å². The van der Waals surface area contributed by atoms with Crippen LogP contribution in [0.25, 0.3) is 0 Å². The number of aryl methyl sites for hydroxylation is 1. The number of fused-ring (bicyclic) bond motifs is 1. The van der Waals surface area contributed by atoms with Crippen LogP contribution in [0.3, 0.4) is 0 Å². The summed E-state index contributed by atoms with van der Waals surface area (Å²) in [5, 5.41) is 2.89. The topological polar surface area (TPSA) is 80.8 Å². The van der Waals surface area contributed by atoms with Crippen molar-refractivity contribution >= 4 is 17.6 Å². The number of methoxy groups -OCH3 is 1. The van der Waals surface area contributed by atoms with E-state index >= 15 is 0 Å². The Kier molecular flexibility index (Phi) is 6.58. The number of pyridine rings is 1. The largest absolute Gasteiger partial charge is 0.493 e. The first-order valence-corrected chi connectivity index (χ1v) is 10.9. The molecule has 3 aromatic rings. The van der Waals surface area contributed by atoms with Crippen molar-refractivity contribution in [3.05, 3.63) is 83.0 Å². The molecule has 1 aliphatic heterocycles. The minimum absolute atomic E-state index is 0.0763. The van der Waals surface area contributed by atoms with Gasteiger partial charge in [-0.3, -0.25) is 9.59 Å². The van der Waals surface area contributed by atoms with Gasteiger partial charge in [-0.1, -0.05) is 30.3 Å². The Bertz CT molecular complexity index is 1180. The van der Waals surface area contributed by atoms with Gasteiger partial charge in [0.15, 0.2) is 11.5 Å². The van der Waals surface area contributed by atoms with E-state index in [-0.39, 0.29) is 18.2 Å². The van der Waals surface area contributed by atoms with Crippen LogP contribution >= 0.6 is 0 Å². The monoisotopic (exact) mass is 445 g/mol. The van der Waals surface area contributed by atoms with Crippen molar-refractivity contribution in [2.24, 2.45) is 0 Å². The summed E-state index contributed by atoms with van der Waals surface area (Å²) in [6.07, 6.45) is 1.71. The summed E-state index contributed by atoms with van der Waals surface area (Å²) in [6.45, 7) is 4.73. The van der Waals surface area contributed by atoms with Gasteiger partial charge in [0, 0.05) is 18.3 Å². The van der Waals surface area contributed by atoms with Crippen molar-refractivity contribution in [2.75, 3.05) is 19.0 Å². The van der Waals surface area contributed by atoms with Gasteiger partial charge in [-0.2, -0.15) is 0 Å². The maximum Gasteiger partial charge on any atom is 0.255 e. The van der Waals surface area contributed by atoms with E-state index in [1.807, 2.05) is 68.4 Å². The van der Waals surface area contributed by atoms with E-state index in [9.17, 15) is 9.59 Å². The zero-order chi connectivity index (χ0) is 23.4. The van der Waals surface area contributed by atoms with Crippen molar-refractivity contribution in [1.82, 2.24) is 9.88 Å². The van der Waals surface area contributed by atoms with E-state index in [1.165, 1.54) is 0 Å². The molecule has 0 unspecified atom stereocenters. The second-order valence-corrected chi connectivity index (χ2v) is 7.87. The van der Waals surface area contributed by atoms with Gasteiger partial charge in [-0.25, -0.2) is 4.98 Å². The summed E-state index contributed by atoms with van der Waals surface area (Å²) in [5.74, 6) is 1.38. The van der Waals surface area contributed by atoms with Gasteiger partial charge in [-0.15, -0.1) is 0 Å². The Balaban J connectivity index is 1.66. The van der Waals surface area contributed by atoms with E-state index in [2.05, 4.69) is 10.3 Å². The number of nitrogens with one attached hydrogen (secondary N) is 1. The smallest absolute Gasteiger partial charge is 0.255 e. The molecule has 0 bridgehead atoms. The molecule has 0 radical (unpaired) electrons. The van der Waals surface area contributed by atoms with Gasteiger partial charge in [0.2, 0.25) is 5.91 Å². The third-order valence-electron chi connectivity index (χ3n) is 5.74. The second-order valence-electron chi connectivity index (χ2n) is 7.87. The Morgan fingerprint density at radius 1 is 1.15 bits per heavy atom. The first kappa shape index (κ1) is 22.3. The van der Waals surface area contributed by atoms with Crippen LogP contribution in [0.1, 0.15) is 46.4 Å². The molecule has 2 amide bonds. The summed E-state index contributed by atoms with van der Waals surface area (Å²) >= 11 is 0. The molecule has 4 rings (SSSR count). The van der Waals surface area contributed by atoms with Crippen LogP contribution in [0, 0.1) is 6.92 Å². The van der Waals surface area contributed by atoms with Crippen LogP contribution < -0.4 is 14.8 Å². The van der Waals surface area contributed by atoms with Crippen molar-refractivity contribution < 1.29 is 19.1 Å². The molecule has 1 N–H and O–H groups in total. The summed E-state index contributed by atoms with van der Waals surface area (Å²) in [4.78, 5) is 32.3. The zero-order valence-corrected chi connectivity index (χ0v) is 19.0. The highest BCUT2D eigenvalue weighted by atomic mass is 16.5. The molecular formula is C26H27N3O4. The number of nitrogens with zero attached hydrogens (tertiary/aromatic N) is 2. The lowest BCUT2D eigenvalue weighted by Crippen LogP contribution is -2.32. The highest BCUT2D eigenvalue weighted by Gasteiger charge is 2.35. The lowest BCUT2D eigenvalue weighted by Gasteiger charge is -2.28. The molecule has 7 heteroatoms. The number of amides is 2. The first-order valence-electron chi connectivity index (χ1n) is 10.9. The Labute approximate surface area is 193 Å². The molecule has 0 saturated carbocycles. The molecule has 1 atom stereocenters. The van der Waals surface area contributed by atoms with Gasteiger partial charge < -0.3 is 19.7 Å². The molecule has 0 saturated heterocycles. The predicted octanol–water partition coefficient (Wildman–Crippen LogP) is 4.52. The van der Waals surface area contributed by atoms with Crippen molar-refractivity contribution in [3.63, 3.8) is 0 Å². The number of carbonyl (C=O) groups is 2. The molecule has 7 nitrogen and oxygen atoms in total. The van der Waals surface area contributed by atoms with Gasteiger partial charge in [0.1, 0.15) is 5.82 Å². The fourth-order valence-corrected chi connectivity index (χ4v) is 4.08. The molecule has 2 heterocycles. The van der Waals surface area contributed by atoms with E-state index in [4.69, 9.17) is 9.47 Å². The van der Waals surface area contributed by atoms with Crippen LogP contribution in [0.4, 0.5) is 5.82 Å². The van der Waals surface area contributed by atoms with Crippen LogP contribution in [-0.4, -0.2) is 35.4 Å². The molecule has 1 aromatic heterocycles. The number of ether oxygens (including phenoxy) is 2. The standard InChI is InChI=1S/C26H27N3O4/c1-4-33-22-12-11-18(14-23(22)32-3)21(15-24(30)28-25-17(2)8-7-13-27-25)29-16-19-9-5-6-10-20(19)26(29)31/h5-14,21H,4,15-16H2,1-3H3,(H,27,28,30)/t21-/m1/s1. The van der Waals surface area contributed by atoms with Crippen molar-refractivity contribution in [1.29, 1.82) is 0 Å². The lowest BCUT2D eigenvalue weighted by atomic mass is 10.0. The zero-order valence-electron chi connectivity index (χ0n) is 19.0. The first-order chi connectivity index (χ1) is 16.0. The predicted molar refractivity (Wildman–Crippen MR) is 125 cm³/mol. The third kappa shape index (κ3) is 4.67. The van der Waals surface area contributed by atoms with E-state index < -0.39 is 6.04 Å². The average molecular weight is 446 g/mol.